The molecule has 0 aliphatic carbocycles. The number of hydrogen-bond acceptors (Lipinski definition) is 7. The van der Waals surface area contributed by atoms with E-state index in [-0.39, 0.29) is 36.9 Å². The van der Waals surface area contributed by atoms with Gasteiger partial charge in [-0.05, 0) is 24.8 Å². The molecule has 4 heterocycles. The smallest absolute Gasteiger partial charge is 0.372 e. The molecule has 2 atom stereocenters. The van der Waals surface area contributed by atoms with Crippen LogP contribution in [0.25, 0.3) is 5.65 Å². The number of nitro groups is 1. The van der Waals surface area contributed by atoms with Gasteiger partial charge in [0.25, 0.3) is 10.2 Å². The van der Waals surface area contributed by atoms with Gasteiger partial charge in [0.05, 0.1) is 18.4 Å². The third kappa shape index (κ3) is 3.68. The van der Waals surface area contributed by atoms with E-state index in [2.05, 4.69) is 4.98 Å². The Morgan fingerprint density at radius 1 is 1.10 bits per heavy atom. The molecule has 0 aromatic carbocycles. The predicted molar refractivity (Wildman–Crippen MR) is 106 cm³/mol. The third-order valence-electron chi connectivity index (χ3n) is 5.24. The van der Waals surface area contributed by atoms with Crippen molar-refractivity contribution < 1.29 is 18.1 Å². The Labute approximate surface area is 168 Å². The Morgan fingerprint density at radius 3 is 2.38 bits per heavy atom. The van der Waals surface area contributed by atoms with Gasteiger partial charge >= 0.3 is 5.82 Å². The van der Waals surface area contributed by atoms with Crippen LogP contribution in [-0.2, 0) is 14.9 Å². The first kappa shape index (κ1) is 20.0. The highest BCUT2D eigenvalue weighted by molar-refractivity contribution is 7.86. The molecule has 0 saturated carbocycles. The van der Waals surface area contributed by atoms with Crippen molar-refractivity contribution in [2.75, 3.05) is 44.2 Å². The molecule has 2 unspecified atom stereocenters. The first-order valence-corrected chi connectivity index (χ1v) is 10.9. The Balaban J connectivity index is 1.52. The number of pyridine rings is 1. The van der Waals surface area contributed by atoms with E-state index >= 15 is 0 Å². The highest BCUT2D eigenvalue weighted by Crippen LogP contribution is 2.30. The first-order valence-electron chi connectivity index (χ1n) is 9.54. The second kappa shape index (κ2) is 7.52. The molecule has 0 spiro atoms. The van der Waals surface area contributed by atoms with Crippen molar-refractivity contribution in [1.82, 2.24) is 18.0 Å². The second-order valence-electron chi connectivity index (χ2n) is 7.41. The number of morpholine rings is 1. The lowest BCUT2D eigenvalue weighted by Gasteiger charge is -2.40. The summed E-state index contributed by atoms with van der Waals surface area (Å²) >= 11 is 0. The molecule has 0 bridgehead atoms. The SMILES string of the molecule is CC1CN(S(=O)(=O)N2CCN(c3nc4ccccn4c3[N+](=O)[O-])CC2)CC(C)O1. The zero-order valence-electron chi connectivity index (χ0n) is 16.3. The van der Waals surface area contributed by atoms with Crippen LogP contribution in [0.3, 0.4) is 0 Å². The molecule has 2 aromatic rings. The summed E-state index contributed by atoms with van der Waals surface area (Å²) in [5, 5.41) is 11.6. The van der Waals surface area contributed by atoms with Crippen LogP contribution in [0.1, 0.15) is 13.8 Å². The normalized spacial score (nSPS) is 24.8. The van der Waals surface area contributed by atoms with Crippen LogP contribution >= 0.6 is 0 Å². The Hall–Kier alpha value is -2.28. The monoisotopic (exact) mass is 424 g/mol. The fourth-order valence-electron chi connectivity index (χ4n) is 3.97. The fraction of sp³-hybridized carbons (Fsp3) is 0.588. The summed E-state index contributed by atoms with van der Waals surface area (Å²) in [6.45, 7) is 5.52. The molecule has 12 heteroatoms. The van der Waals surface area contributed by atoms with Crippen molar-refractivity contribution in [2.45, 2.75) is 26.1 Å². The molecule has 2 aromatic heterocycles. The molecule has 2 fully saturated rings. The Morgan fingerprint density at radius 2 is 1.76 bits per heavy atom. The number of nitrogens with zero attached hydrogens (tertiary/aromatic N) is 6. The first-order chi connectivity index (χ1) is 13.8. The van der Waals surface area contributed by atoms with Crippen molar-refractivity contribution in [3.05, 3.63) is 34.5 Å². The molecule has 158 valence electrons. The molecule has 2 aliphatic heterocycles. The second-order valence-corrected chi connectivity index (χ2v) is 9.34. The van der Waals surface area contributed by atoms with Gasteiger partial charge in [-0.25, -0.2) is 0 Å². The highest BCUT2D eigenvalue weighted by atomic mass is 32.2. The Kier molecular flexibility index (Phi) is 5.19. The maximum Gasteiger partial charge on any atom is 0.372 e. The summed E-state index contributed by atoms with van der Waals surface area (Å²) in [6.07, 6.45) is 1.29. The number of imidazole rings is 1. The molecule has 2 aliphatic rings. The largest absolute Gasteiger partial charge is 0.373 e. The number of hydrogen-bond donors (Lipinski definition) is 0. The zero-order chi connectivity index (χ0) is 20.8. The van der Waals surface area contributed by atoms with E-state index in [0.717, 1.165) is 0 Å². The number of rotatable bonds is 4. The highest BCUT2D eigenvalue weighted by Gasteiger charge is 2.38. The molecular weight excluding hydrogens is 400 g/mol. The number of fused-ring (bicyclic) bond motifs is 1. The molecule has 11 nitrogen and oxygen atoms in total. The minimum atomic E-state index is -3.61. The maximum atomic E-state index is 13.0. The van der Waals surface area contributed by atoms with Crippen LogP contribution in [0.5, 0.6) is 0 Å². The van der Waals surface area contributed by atoms with Gasteiger partial charge in [-0.1, -0.05) is 6.07 Å². The van der Waals surface area contributed by atoms with Crippen molar-refractivity contribution in [2.24, 2.45) is 0 Å². The maximum absolute atomic E-state index is 13.0. The van der Waals surface area contributed by atoms with Crippen LogP contribution < -0.4 is 4.90 Å². The van der Waals surface area contributed by atoms with Gasteiger partial charge < -0.3 is 19.8 Å². The van der Waals surface area contributed by atoms with E-state index in [9.17, 15) is 18.5 Å². The minimum absolute atomic E-state index is 0.104. The number of aromatic nitrogens is 2. The van der Waals surface area contributed by atoms with Crippen LogP contribution in [-0.4, -0.2) is 82.8 Å². The summed E-state index contributed by atoms with van der Waals surface area (Å²) in [4.78, 5) is 17.4. The van der Waals surface area contributed by atoms with Gasteiger partial charge in [0.1, 0.15) is 0 Å². The van der Waals surface area contributed by atoms with Crippen LogP contribution in [0, 0.1) is 10.1 Å². The van der Waals surface area contributed by atoms with Crippen LogP contribution in [0.15, 0.2) is 24.4 Å². The van der Waals surface area contributed by atoms with Crippen LogP contribution in [0.2, 0.25) is 0 Å². The van der Waals surface area contributed by atoms with Crippen molar-refractivity contribution in [3.63, 3.8) is 0 Å². The molecular formula is C17H24N6O5S. The lowest BCUT2D eigenvalue weighted by Crippen LogP contribution is -2.57. The summed E-state index contributed by atoms with van der Waals surface area (Å²) < 4.78 is 36.1. The summed E-state index contributed by atoms with van der Waals surface area (Å²) in [5.74, 6) is 0.166. The Bertz CT molecular complexity index is 1010. The van der Waals surface area contributed by atoms with Gasteiger partial charge in [-0.15, -0.1) is 0 Å². The molecule has 0 N–H and O–H groups in total. The summed E-state index contributed by atoms with van der Waals surface area (Å²) in [5.41, 5.74) is 0.487. The van der Waals surface area contributed by atoms with Gasteiger partial charge in [0.2, 0.25) is 11.5 Å². The van der Waals surface area contributed by atoms with Crippen molar-refractivity contribution >= 4 is 27.5 Å². The lowest BCUT2D eigenvalue weighted by molar-refractivity contribution is -0.389. The van der Waals surface area contributed by atoms with Crippen molar-refractivity contribution in [1.29, 1.82) is 0 Å². The minimum Gasteiger partial charge on any atom is -0.373 e. The average molecular weight is 424 g/mol. The zero-order valence-corrected chi connectivity index (χ0v) is 17.2. The predicted octanol–water partition coefficient (Wildman–Crippen LogP) is 0.718. The van der Waals surface area contributed by atoms with Gasteiger partial charge in [-0.2, -0.15) is 26.4 Å². The average Bonchev–Trinajstić information content (AvgIpc) is 3.07. The molecule has 0 amide bonds. The van der Waals surface area contributed by atoms with E-state index in [1.54, 1.807) is 29.3 Å². The van der Waals surface area contributed by atoms with Gasteiger partial charge in [0.15, 0.2) is 0 Å². The van der Waals surface area contributed by atoms with Crippen LogP contribution in [0.4, 0.5) is 11.6 Å². The lowest BCUT2D eigenvalue weighted by atomic mass is 10.3. The van der Waals surface area contributed by atoms with E-state index in [4.69, 9.17) is 4.74 Å². The molecule has 0 radical (unpaired) electrons. The van der Waals surface area contributed by atoms with E-state index < -0.39 is 15.1 Å². The fourth-order valence-corrected chi connectivity index (χ4v) is 5.71. The summed E-state index contributed by atoms with van der Waals surface area (Å²) in [7, 11) is -3.61. The van der Waals surface area contributed by atoms with Crippen molar-refractivity contribution in [3.8, 4) is 0 Å². The standard InChI is InChI=1S/C17H24N6O5S/c1-13-11-21(12-14(2)28-13)29(26,27)20-9-7-19(8-10-20)16-17(23(24)25)22-6-4-3-5-15(22)18-16/h3-6,13-14H,7-12H2,1-2H3. The third-order valence-corrected chi connectivity index (χ3v) is 7.21. The topological polar surface area (TPSA) is 114 Å². The molecule has 4 rings (SSSR count). The van der Waals surface area contributed by atoms with E-state index in [1.165, 1.54) is 13.0 Å². The quantitative estimate of drug-likeness (QED) is 0.525. The molecule has 2 saturated heterocycles. The summed E-state index contributed by atoms with van der Waals surface area (Å²) in [6, 6.07) is 5.18. The molecule has 29 heavy (non-hydrogen) atoms. The number of ether oxygens (including phenoxy) is 1. The number of anilines is 1. The number of piperazine rings is 1. The van der Waals surface area contributed by atoms with E-state index in [1.807, 2.05) is 13.8 Å². The van der Waals surface area contributed by atoms with Gasteiger partial charge in [0, 0.05) is 45.3 Å². The van der Waals surface area contributed by atoms with E-state index in [0.29, 0.717) is 31.8 Å². The van der Waals surface area contributed by atoms with Gasteiger partial charge in [-0.3, -0.25) is 0 Å².